The first-order valence-corrected chi connectivity index (χ1v) is 7.77. The van der Waals surface area contributed by atoms with Crippen LogP contribution in [0.4, 0.5) is 0 Å². The van der Waals surface area contributed by atoms with E-state index >= 15 is 0 Å². The zero-order valence-electron chi connectivity index (χ0n) is 12.5. The average Bonchev–Trinajstić information content (AvgIpc) is 2.49. The van der Waals surface area contributed by atoms with Gasteiger partial charge in [0, 0.05) is 18.0 Å². The highest BCUT2D eigenvalue weighted by molar-refractivity contribution is 8.00. The predicted molar refractivity (Wildman–Crippen MR) is 85.2 cm³/mol. The number of hydrogen-bond acceptors (Lipinski definition) is 4. The summed E-state index contributed by atoms with van der Waals surface area (Å²) in [5.41, 5.74) is 0.899. The highest BCUT2D eigenvalue weighted by Gasteiger charge is 2.14. The topological polar surface area (TPSA) is 46.6 Å². The van der Waals surface area contributed by atoms with E-state index in [-0.39, 0.29) is 24.2 Å². The van der Waals surface area contributed by atoms with Gasteiger partial charge in [-0.25, -0.2) is 0 Å². The Morgan fingerprint density at radius 1 is 1.29 bits per heavy atom. The predicted octanol–water partition coefficient (Wildman–Crippen LogP) is 2.75. The first-order valence-electron chi connectivity index (χ1n) is 6.78. The molecule has 1 aromatic carbocycles. The quantitative estimate of drug-likeness (QED) is 0.421. The molecule has 0 unspecified atom stereocenters. The molecule has 0 spiro atoms. The van der Waals surface area contributed by atoms with Crippen molar-refractivity contribution in [2.45, 2.75) is 18.7 Å². The molecule has 0 saturated carbocycles. The van der Waals surface area contributed by atoms with Gasteiger partial charge in [0.15, 0.2) is 6.61 Å². The van der Waals surface area contributed by atoms with Crippen molar-refractivity contribution in [3.8, 4) is 0 Å². The molecule has 0 fully saturated rings. The van der Waals surface area contributed by atoms with Gasteiger partial charge in [-0.15, -0.1) is 11.8 Å². The van der Waals surface area contributed by atoms with Gasteiger partial charge in [0.05, 0.1) is 5.75 Å². The lowest BCUT2D eigenvalue weighted by Crippen LogP contribution is -2.35. The lowest BCUT2D eigenvalue weighted by atomic mass is 10.3. The molecule has 0 bridgehead atoms. The third kappa shape index (κ3) is 6.99. The van der Waals surface area contributed by atoms with Gasteiger partial charge >= 0.3 is 5.97 Å². The van der Waals surface area contributed by atoms with E-state index < -0.39 is 0 Å². The molecule has 114 valence electrons. The molecule has 0 saturated heterocycles. The number of likely N-dealkylation sites (N-methyl/N-ethyl adjacent to an activating group) is 1. The van der Waals surface area contributed by atoms with Gasteiger partial charge in [-0.2, -0.15) is 0 Å². The second kappa shape index (κ2) is 9.23. The number of thioether (sulfide) groups is 1. The van der Waals surface area contributed by atoms with E-state index in [1.807, 2.05) is 44.2 Å². The van der Waals surface area contributed by atoms with Crippen LogP contribution in [0.15, 0.2) is 47.4 Å². The van der Waals surface area contributed by atoms with Crippen LogP contribution in [0.5, 0.6) is 0 Å². The van der Waals surface area contributed by atoms with Crippen molar-refractivity contribution in [2.75, 3.05) is 25.4 Å². The molecular weight excluding hydrogens is 286 g/mol. The van der Waals surface area contributed by atoms with Crippen LogP contribution in [0.3, 0.4) is 0 Å². The standard InChI is InChI=1S/C16H21NO3S/c1-4-17(10-13(2)3)15(18)11-20-16(19)12-21-14-8-6-5-7-9-14/h5-9H,2,4,10-12H2,1,3H3. The number of benzene rings is 1. The number of nitrogens with zero attached hydrogens (tertiary/aromatic N) is 1. The molecule has 0 radical (unpaired) electrons. The average molecular weight is 307 g/mol. The number of carbonyl (C=O) groups excluding carboxylic acids is 2. The molecular formula is C16H21NO3S. The van der Waals surface area contributed by atoms with Crippen molar-refractivity contribution in [2.24, 2.45) is 0 Å². The molecule has 1 aromatic rings. The molecule has 21 heavy (non-hydrogen) atoms. The molecule has 4 nitrogen and oxygen atoms in total. The van der Waals surface area contributed by atoms with Crippen LogP contribution < -0.4 is 0 Å². The van der Waals surface area contributed by atoms with E-state index in [9.17, 15) is 9.59 Å². The van der Waals surface area contributed by atoms with Crippen molar-refractivity contribution in [1.29, 1.82) is 0 Å². The van der Waals surface area contributed by atoms with E-state index in [1.165, 1.54) is 11.8 Å². The Hall–Kier alpha value is -1.75. The summed E-state index contributed by atoms with van der Waals surface area (Å²) in [6.07, 6.45) is 0. The summed E-state index contributed by atoms with van der Waals surface area (Å²) in [6.45, 7) is 8.37. The van der Waals surface area contributed by atoms with Crippen LogP contribution in [-0.4, -0.2) is 42.2 Å². The lowest BCUT2D eigenvalue weighted by Gasteiger charge is -2.20. The molecule has 0 aliphatic rings. The maximum Gasteiger partial charge on any atom is 0.316 e. The van der Waals surface area contributed by atoms with E-state index in [0.29, 0.717) is 13.1 Å². The Kier molecular flexibility index (Phi) is 7.61. The largest absolute Gasteiger partial charge is 0.455 e. The first kappa shape index (κ1) is 17.3. The van der Waals surface area contributed by atoms with Gasteiger partial charge in [0.1, 0.15) is 0 Å². The summed E-state index contributed by atoms with van der Waals surface area (Å²) in [6, 6.07) is 9.59. The smallest absolute Gasteiger partial charge is 0.316 e. The van der Waals surface area contributed by atoms with Crippen molar-refractivity contribution in [3.05, 3.63) is 42.5 Å². The van der Waals surface area contributed by atoms with Gasteiger partial charge in [0.25, 0.3) is 5.91 Å². The van der Waals surface area contributed by atoms with E-state index in [4.69, 9.17) is 4.74 Å². The Bertz CT molecular complexity index is 488. The fraction of sp³-hybridized carbons (Fsp3) is 0.375. The Balaban J connectivity index is 2.31. The van der Waals surface area contributed by atoms with Crippen molar-refractivity contribution < 1.29 is 14.3 Å². The number of rotatable bonds is 8. The van der Waals surface area contributed by atoms with Crippen LogP contribution >= 0.6 is 11.8 Å². The molecule has 0 heterocycles. The summed E-state index contributed by atoms with van der Waals surface area (Å²) in [5, 5.41) is 0. The zero-order valence-corrected chi connectivity index (χ0v) is 13.3. The van der Waals surface area contributed by atoms with Crippen LogP contribution in [0.2, 0.25) is 0 Å². The maximum atomic E-state index is 11.9. The van der Waals surface area contributed by atoms with Crippen molar-refractivity contribution in [1.82, 2.24) is 4.90 Å². The van der Waals surface area contributed by atoms with Crippen molar-refractivity contribution in [3.63, 3.8) is 0 Å². The summed E-state index contributed by atoms with van der Waals surface area (Å²) < 4.78 is 5.01. The van der Waals surface area contributed by atoms with Gasteiger partial charge in [-0.05, 0) is 26.0 Å². The molecule has 1 rings (SSSR count). The number of amides is 1. The zero-order chi connectivity index (χ0) is 15.7. The molecule has 0 atom stereocenters. The number of esters is 1. The number of hydrogen-bond donors (Lipinski definition) is 0. The second-order valence-corrected chi connectivity index (χ2v) is 5.68. The summed E-state index contributed by atoms with van der Waals surface area (Å²) >= 11 is 1.39. The molecule has 0 aromatic heterocycles. The molecule has 5 heteroatoms. The van der Waals surface area contributed by atoms with E-state index in [1.54, 1.807) is 4.90 Å². The molecule has 0 aliphatic carbocycles. The lowest BCUT2D eigenvalue weighted by molar-refractivity contribution is -0.149. The number of carbonyl (C=O) groups is 2. The second-order valence-electron chi connectivity index (χ2n) is 4.63. The molecule has 0 N–H and O–H groups in total. The highest BCUT2D eigenvalue weighted by Crippen LogP contribution is 2.16. The van der Waals surface area contributed by atoms with Crippen LogP contribution in [0.25, 0.3) is 0 Å². The maximum absolute atomic E-state index is 11.9. The summed E-state index contributed by atoms with van der Waals surface area (Å²) in [5.74, 6) is -0.383. The fourth-order valence-corrected chi connectivity index (χ4v) is 2.35. The minimum Gasteiger partial charge on any atom is -0.455 e. The third-order valence-electron chi connectivity index (χ3n) is 2.65. The Morgan fingerprint density at radius 2 is 1.95 bits per heavy atom. The normalized spacial score (nSPS) is 10.0. The molecule has 0 aliphatic heterocycles. The van der Waals surface area contributed by atoms with Crippen LogP contribution in [0.1, 0.15) is 13.8 Å². The van der Waals surface area contributed by atoms with Crippen molar-refractivity contribution >= 4 is 23.6 Å². The Labute approximate surface area is 130 Å². The fourth-order valence-electron chi connectivity index (χ4n) is 1.64. The van der Waals surface area contributed by atoms with E-state index in [2.05, 4.69) is 6.58 Å². The summed E-state index contributed by atoms with van der Waals surface area (Å²) in [4.78, 5) is 26.1. The minimum atomic E-state index is -0.386. The summed E-state index contributed by atoms with van der Waals surface area (Å²) in [7, 11) is 0. The monoisotopic (exact) mass is 307 g/mol. The Morgan fingerprint density at radius 3 is 2.52 bits per heavy atom. The van der Waals surface area contributed by atoms with Crippen LogP contribution in [0, 0.1) is 0 Å². The minimum absolute atomic E-state index is 0.196. The number of ether oxygens (including phenoxy) is 1. The van der Waals surface area contributed by atoms with Gasteiger partial charge < -0.3 is 9.64 Å². The van der Waals surface area contributed by atoms with Gasteiger partial charge in [-0.3, -0.25) is 9.59 Å². The van der Waals surface area contributed by atoms with Crippen LogP contribution in [-0.2, 0) is 14.3 Å². The SMILES string of the molecule is C=C(C)CN(CC)C(=O)COC(=O)CSc1ccccc1. The first-order chi connectivity index (χ1) is 10.0. The third-order valence-corrected chi connectivity index (χ3v) is 3.64. The highest BCUT2D eigenvalue weighted by atomic mass is 32.2. The molecule has 1 amide bonds. The van der Waals surface area contributed by atoms with Gasteiger partial charge in [-0.1, -0.05) is 30.4 Å². The van der Waals surface area contributed by atoms with E-state index in [0.717, 1.165) is 10.5 Å². The van der Waals surface area contributed by atoms with Gasteiger partial charge in [0.2, 0.25) is 0 Å².